The van der Waals surface area contributed by atoms with Gasteiger partial charge in [-0.15, -0.1) is 0 Å². The minimum Gasteiger partial charge on any atom is -0.507 e. The number of phenols is 1. The minimum absolute atomic E-state index is 0.0841. The Balaban J connectivity index is 2.09. The molecule has 0 fully saturated rings. The zero-order valence-corrected chi connectivity index (χ0v) is 19.1. The Kier molecular flexibility index (Phi) is 9.92. The van der Waals surface area contributed by atoms with Crippen molar-refractivity contribution in [2.75, 3.05) is 13.2 Å². The number of hydrogen-bond acceptors (Lipinski definition) is 7. The van der Waals surface area contributed by atoms with Crippen molar-refractivity contribution in [3.63, 3.8) is 0 Å². The first kappa shape index (κ1) is 25.9. The first-order chi connectivity index (χ1) is 15.7. The maximum atomic E-state index is 12.5. The number of rotatable bonds is 10. The van der Waals surface area contributed by atoms with E-state index in [1.165, 1.54) is 30.6 Å². The Morgan fingerprint density at radius 1 is 1.18 bits per heavy atom. The van der Waals surface area contributed by atoms with E-state index in [-0.39, 0.29) is 24.3 Å². The second-order valence-electron chi connectivity index (χ2n) is 6.64. The number of hydrazine groups is 1. The summed E-state index contributed by atoms with van der Waals surface area (Å²) in [5, 5.41) is 15.7. The highest BCUT2D eigenvalue weighted by Crippen LogP contribution is 2.26. The third kappa shape index (κ3) is 8.26. The normalized spacial score (nSPS) is 11.6. The number of hydrogen-bond donors (Lipinski definition) is 5. The van der Waals surface area contributed by atoms with Gasteiger partial charge in [0, 0.05) is 10.0 Å². The molecule has 0 aliphatic rings. The number of amides is 2. The predicted octanol–water partition coefficient (Wildman–Crippen LogP) is 2.36. The molecule has 0 radical (unpaired) electrons. The standard InChI is InChI=1S/C21H23Cl2N5O5/c1-2-33-20(31)9-17(12-5-13(22)7-14(23)6-12)28-19(30)10-25-21(32)16-8-15(26-11-27-24)3-4-18(16)29/h3-8,11,17,29H,2,9-10,24H2,1H3,(H,25,32)(H,26,27)(H,28,30). The monoisotopic (exact) mass is 495 g/mol. The molecule has 0 bridgehead atoms. The van der Waals surface area contributed by atoms with Crippen LogP contribution in [0.4, 0.5) is 5.69 Å². The molecule has 1 unspecified atom stereocenters. The molecule has 2 aromatic rings. The fourth-order valence-electron chi connectivity index (χ4n) is 2.81. The molecule has 0 saturated carbocycles. The van der Waals surface area contributed by atoms with Crippen LogP contribution in [0.15, 0.2) is 41.4 Å². The minimum atomic E-state index is -0.792. The Morgan fingerprint density at radius 3 is 2.52 bits per heavy atom. The first-order valence-electron chi connectivity index (χ1n) is 9.74. The molecule has 0 spiro atoms. The van der Waals surface area contributed by atoms with Gasteiger partial charge in [-0.3, -0.25) is 14.4 Å². The molecule has 0 aliphatic carbocycles. The zero-order chi connectivity index (χ0) is 24.4. The number of nitrogens with one attached hydrogen (secondary N) is 3. The maximum absolute atomic E-state index is 12.5. The molecule has 0 aliphatic heterocycles. The summed E-state index contributed by atoms with van der Waals surface area (Å²) >= 11 is 12.1. The van der Waals surface area contributed by atoms with E-state index in [9.17, 15) is 19.5 Å². The van der Waals surface area contributed by atoms with Crippen LogP contribution in [0.3, 0.4) is 0 Å². The van der Waals surface area contributed by atoms with Crippen molar-refractivity contribution < 1.29 is 24.2 Å². The molecule has 1 atom stereocenters. The van der Waals surface area contributed by atoms with Gasteiger partial charge in [-0.2, -0.15) is 0 Å². The van der Waals surface area contributed by atoms with Crippen LogP contribution in [0.2, 0.25) is 10.0 Å². The van der Waals surface area contributed by atoms with Gasteiger partial charge in [0.05, 0.1) is 36.9 Å². The lowest BCUT2D eigenvalue weighted by atomic mass is 10.0. The molecule has 2 rings (SSSR count). The molecular formula is C21H23Cl2N5O5. The Labute approximate surface area is 200 Å². The fraction of sp³-hybridized carbons (Fsp3) is 0.238. The number of carbonyl (C=O) groups excluding carboxylic acids is 3. The highest BCUT2D eigenvalue weighted by Gasteiger charge is 2.21. The van der Waals surface area contributed by atoms with Gasteiger partial charge in [0.15, 0.2) is 0 Å². The topological polar surface area (TPSA) is 155 Å². The number of benzene rings is 2. The number of esters is 1. The summed E-state index contributed by atoms with van der Waals surface area (Å²) in [5.41, 5.74) is 2.99. The average molecular weight is 496 g/mol. The van der Waals surface area contributed by atoms with E-state index in [1.807, 2.05) is 0 Å². The number of nitrogens with two attached hydrogens (primary N) is 1. The van der Waals surface area contributed by atoms with E-state index in [0.29, 0.717) is 21.3 Å². The summed E-state index contributed by atoms with van der Waals surface area (Å²) in [6, 6.07) is 7.95. The first-order valence-corrected chi connectivity index (χ1v) is 10.5. The van der Waals surface area contributed by atoms with E-state index in [2.05, 4.69) is 21.1 Å². The molecule has 0 heterocycles. The Hall–Kier alpha value is -3.34. The molecule has 2 amide bonds. The number of aliphatic imine (C=N–C) groups is 1. The predicted molar refractivity (Wildman–Crippen MR) is 125 cm³/mol. The van der Waals surface area contributed by atoms with Gasteiger partial charge in [-0.05, 0) is 48.9 Å². The summed E-state index contributed by atoms with van der Waals surface area (Å²) in [6.07, 6.45) is 1.04. The third-order valence-electron chi connectivity index (χ3n) is 4.22. The lowest BCUT2D eigenvalue weighted by Crippen LogP contribution is -2.39. The van der Waals surface area contributed by atoms with Crippen molar-refractivity contribution in [2.45, 2.75) is 19.4 Å². The largest absolute Gasteiger partial charge is 0.507 e. The van der Waals surface area contributed by atoms with Gasteiger partial charge in [0.2, 0.25) is 5.91 Å². The van der Waals surface area contributed by atoms with Crippen LogP contribution in [0.5, 0.6) is 5.75 Å². The van der Waals surface area contributed by atoms with Crippen molar-refractivity contribution in [3.05, 3.63) is 57.6 Å². The van der Waals surface area contributed by atoms with Gasteiger partial charge in [-0.1, -0.05) is 23.2 Å². The SMILES string of the molecule is CCOC(=O)CC(NC(=O)CNC(=O)c1cc(N=CNN)ccc1O)c1cc(Cl)cc(Cl)c1. The van der Waals surface area contributed by atoms with E-state index in [0.717, 1.165) is 0 Å². The second kappa shape index (κ2) is 12.6. The molecular weight excluding hydrogens is 473 g/mol. The molecule has 10 nitrogen and oxygen atoms in total. The number of halogens is 2. The molecule has 12 heteroatoms. The van der Waals surface area contributed by atoms with Gasteiger partial charge >= 0.3 is 5.97 Å². The lowest BCUT2D eigenvalue weighted by Gasteiger charge is -2.19. The molecule has 2 aromatic carbocycles. The number of nitrogens with zero attached hydrogens (tertiary/aromatic N) is 1. The average Bonchev–Trinajstić information content (AvgIpc) is 2.76. The summed E-state index contributed by atoms with van der Waals surface area (Å²) < 4.78 is 4.97. The summed E-state index contributed by atoms with van der Waals surface area (Å²) in [4.78, 5) is 40.9. The number of phenolic OH excluding ortho intramolecular Hbond substituents is 1. The van der Waals surface area contributed by atoms with Crippen molar-refractivity contribution >= 4 is 53.0 Å². The molecule has 33 heavy (non-hydrogen) atoms. The third-order valence-corrected chi connectivity index (χ3v) is 4.66. The van der Waals surface area contributed by atoms with Crippen LogP contribution in [-0.4, -0.2) is 42.4 Å². The van der Waals surface area contributed by atoms with E-state index >= 15 is 0 Å². The van der Waals surface area contributed by atoms with E-state index in [1.54, 1.807) is 19.1 Å². The maximum Gasteiger partial charge on any atom is 0.308 e. The Bertz CT molecular complexity index is 1030. The van der Waals surface area contributed by atoms with Gasteiger partial charge in [-0.25, -0.2) is 10.8 Å². The van der Waals surface area contributed by atoms with Gasteiger partial charge in [0.1, 0.15) is 12.1 Å². The van der Waals surface area contributed by atoms with Crippen molar-refractivity contribution in [1.82, 2.24) is 16.1 Å². The van der Waals surface area contributed by atoms with E-state index in [4.69, 9.17) is 33.8 Å². The molecule has 0 aromatic heterocycles. The second-order valence-corrected chi connectivity index (χ2v) is 7.51. The van der Waals surface area contributed by atoms with Crippen LogP contribution in [0.1, 0.15) is 35.3 Å². The summed E-state index contributed by atoms with van der Waals surface area (Å²) in [5.74, 6) is 3.00. The number of carbonyl (C=O) groups is 3. The van der Waals surface area contributed by atoms with Crippen LogP contribution >= 0.6 is 23.2 Å². The van der Waals surface area contributed by atoms with Crippen molar-refractivity contribution in [2.24, 2.45) is 10.8 Å². The van der Waals surface area contributed by atoms with E-state index < -0.39 is 30.4 Å². The molecule has 0 saturated heterocycles. The smallest absolute Gasteiger partial charge is 0.308 e. The zero-order valence-electron chi connectivity index (χ0n) is 17.6. The summed E-state index contributed by atoms with van der Waals surface area (Å²) in [6.45, 7) is 1.42. The highest BCUT2D eigenvalue weighted by molar-refractivity contribution is 6.34. The van der Waals surface area contributed by atoms with Crippen molar-refractivity contribution in [3.8, 4) is 5.75 Å². The van der Waals surface area contributed by atoms with Gasteiger partial charge in [0.25, 0.3) is 5.91 Å². The quantitative estimate of drug-likeness (QED) is 0.111. The van der Waals surface area contributed by atoms with Crippen LogP contribution in [0.25, 0.3) is 0 Å². The number of ether oxygens (including phenoxy) is 1. The number of aromatic hydroxyl groups is 1. The van der Waals surface area contributed by atoms with Crippen LogP contribution < -0.4 is 21.9 Å². The molecule has 176 valence electrons. The highest BCUT2D eigenvalue weighted by atomic mass is 35.5. The lowest BCUT2D eigenvalue weighted by molar-refractivity contribution is -0.143. The van der Waals surface area contributed by atoms with Crippen molar-refractivity contribution in [1.29, 1.82) is 0 Å². The van der Waals surface area contributed by atoms with Crippen LogP contribution in [-0.2, 0) is 14.3 Å². The van der Waals surface area contributed by atoms with Crippen LogP contribution in [0, 0.1) is 0 Å². The fourth-order valence-corrected chi connectivity index (χ4v) is 3.36. The molecule has 6 N–H and O–H groups in total. The summed E-state index contributed by atoms with van der Waals surface area (Å²) in [7, 11) is 0. The Morgan fingerprint density at radius 2 is 1.88 bits per heavy atom. The van der Waals surface area contributed by atoms with Gasteiger partial charge < -0.3 is 25.9 Å².